The molecular weight excluding hydrogens is 388 g/mol. The lowest BCUT2D eigenvalue weighted by molar-refractivity contribution is -0.912. The molecule has 6 heteroatoms. The van der Waals surface area contributed by atoms with E-state index >= 15 is 0 Å². The van der Waals surface area contributed by atoms with Crippen LogP contribution in [0.5, 0.6) is 11.5 Å². The van der Waals surface area contributed by atoms with Crippen molar-refractivity contribution in [3.05, 3.63) is 60.3 Å². The fourth-order valence-corrected chi connectivity index (χ4v) is 4.64. The fourth-order valence-electron chi connectivity index (χ4n) is 4.64. The van der Waals surface area contributed by atoms with Crippen molar-refractivity contribution in [2.75, 3.05) is 32.8 Å². The van der Waals surface area contributed by atoms with Gasteiger partial charge in [-0.15, -0.1) is 0 Å². The van der Waals surface area contributed by atoms with Crippen LogP contribution in [0, 0.1) is 0 Å². The summed E-state index contributed by atoms with van der Waals surface area (Å²) in [5, 5.41) is 7.50. The number of benzene rings is 2. The average Bonchev–Trinajstić information content (AvgIpc) is 3.27. The second-order valence-corrected chi connectivity index (χ2v) is 8.52. The SMILES string of the molecule is CC[NH+]1CCC([NH2+]Cc2cn(-c3ccccc3)nc2-c2ccc3c(c2)OCCO3)CC1. The topological polar surface area (TPSA) is 57.3 Å². The molecule has 0 radical (unpaired) electrons. The van der Waals surface area contributed by atoms with Gasteiger partial charge in [0.25, 0.3) is 0 Å². The minimum absolute atomic E-state index is 0.591. The molecule has 0 atom stereocenters. The minimum atomic E-state index is 0.591. The number of para-hydroxylation sites is 1. The van der Waals surface area contributed by atoms with Crippen molar-refractivity contribution in [1.82, 2.24) is 9.78 Å². The van der Waals surface area contributed by atoms with Crippen molar-refractivity contribution >= 4 is 0 Å². The van der Waals surface area contributed by atoms with Crippen LogP contribution >= 0.6 is 0 Å². The summed E-state index contributed by atoms with van der Waals surface area (Å²) in [6.45, 7) is 8.23. The fraction of sp³-hybridized carbons (Fsp3) is 0.400. The van der Waals surface area contributed by atoms with Crippen LogP contribution in [-0.2, 0) is 6.54 Å². The number of rotatable bonds is 6. The number of piperidine rings is 1. The molecule has 0 spiro atoms. The maximum Gasteiger partial charge on any atom is 0.162 e. The number of fused-ring (bicyclic) bond motifs is 1. The van der Waals surface area contributed by atoms with Crippen molar-refractivity contribution < 1.29 is 19.7 Å². The van der Waals surface area contributed by atoms with E-state index in [9.17, 15) is 0 Å². The zero-order valence-electron chi connectivity index (χ0n) is 18.2. The van der Waals surface area contributed by atoms with Crippen LogP contribution in [0.2, 0.25) is 0 Å². The highest BCUT2D eigenvalue weighted by molar-refractivity contribution is 5.67. The largest absolute Gasteiger partial charge is 0.486 e. The van der Waals surface area contributed by atoms with Gasteiger partial charge in [0.1, 0.15) is 25.5 Å². The van der Waals surface area contributed by atoms with Crippen LogP contribution in [0.4, 0.5) is 0 Å². The van der Waals surface area contributed by atoms with Crippen LogP contribution in [-0.4, -0.2) is 48.7 Å². The van der Waals surface area contributed by atoms with E-state index in [1.54, 1.807) is 4.90 Å². The van der Waals surface area contributed by atoms with Crippen molar-refractivity contribution in [2.24, 2.45) is 0 Å². The Morgan fingerprint density at radius 1 is 1.03 bits per heavy atom. The highest BCUT2D eigenvalue weighted by Gasteiger charge is 2.24. The van der Waals surface area contributed by atoms with Crippen molar-refractivity contribution in [3.63, 3.8) is 0 Å². The van der Waals surface area contributed by atoms with E-state index in [2.05, 4.69) is 54.8 Å². The van der Waals surface area contributed by atoms with E-state index < -0.39 is 0 Å². The number of aromatic nitrogens is 2. The van der Waals surface area contributed by atoms with Gasteiger partial charge in [0.15, 0.2) is 11.5 Å². The van der Waals surface area contributed by atoms with E-state index in [-0.39, 0.29) is 0 Å². The number of hydrogen-bond donors (Lipinski definition) is 2. The smallest absolute Gasteiger partial charge is 0.162 e. The second-order valence-electron chi connectivity index (χ2n) is 8.52. The van der Waals surface area contributed by atoms with Gasteiger partial charge in [-0.1, -0.05) is 18.2 Å². The number of hydrogen-bond acceptors (Lipinski definition) is 3. The summed E-state index contributed by atoms with van der Waals surface area (Å²) >= 11 is 0. The van der Waals surface area contributed by atoms with Gasteiger partial charge in [-0.3, -0.25) is 0 Å². The quantitative estimate of drug-likeness (QED) is 0.635. The number of nitrogens with one attached hydrogen (secondary N) is 1. The Morgan fingerprint density at radius 3 is 2.58 bits per heavy atom. The Labute approximate surface area is 183 Å². The Kier molecular flexibility index (Phi) is 5.91. The molecule has 0 bridgehead atoms. The number of likely N-dealkylation sites (tertiary alicyclic amines) is 1. The molecule has 2 aliphatic heterocycles. The lowest BCUT2D eigenvalue weighted by Crippen LogP contribution is -3.14. The van der Waals surface area contributed by atoms with E-state index in [0.717, 1.165) is 35.0 Å². The normalized spacial score (nSPS) is 20.5. The number of ether oxygens (including phenoxy) is 2. The van der Waals surface area contributed by atoms with Gasteiger partial charge in [0.05, 0.1) is 36.9 Å². The molecule has 2 aromatic carbocycles. The molecule has 5 rings (SSSR count). The Morgan fingerprint density at radius 2 is 1.81 bits per heavy atom. The molecule has 0 unspecified atom stereocenters. The maximum atomic E-state index is 5.82. The number of quaternary nitrogens is 2. The zero-order valence-corrected chi connectivity index (χ0v) is 18.2. The van der Waals surface area contributed by atoms with Crippen molar-refractivity contribution in [1.29, 1.82) is 0 Å². The van der Waals surface area contributed by atoms with E-state index in [1.807, 2.05) is 16.8 Å². The Balaban J connectivity index is 1.41. The van der Waals surface area contributed by atoms with Gasteiger partial charge in [0, 0.05) is 24.6 Å². The Hall–Kier alpha value is -2.83. The first-order valence-corrected chi connectivity index (χ1v) is 11.5. The van der Waals surface area contributed by atoms with Gasteiger partial charge in [-0.05, 0) is 37.3 Å². The summed E-state index contributed by atoms with van der Waals surface area (Å²) in [6, 6.07) is 17.2. The first-order chi connectivity index (χ1) is 15.3. The molecule has 1 aromatic heterocycles. The summed E-state index contributed by atoms with van der Waals surface area (Å²) < 4.78 is 13.5. The molecule has 2 aliphatic rings. The van der Waals surface area contributed by atoms with Crippen LogP contribution in [0.25, 0.3) is 16.9 Å². The van der Waals surface area contributed by atoms with Gasteiger partial charge in [-0.2, -0.15) is 5.10 Å². The third-order valence-electron chi connectivity index (χ3n) is 6.53. The summed E-state index contributed by atoms with van der Waals surface area (Å²) in [5.74, 6) is 1.62. The first-order valence-electron chi connectivity index (χ1n) is 11.5. The summed E-state index contributed by atoms with van der Waals surface area (Å²) in [5.41, 5.74) is 4.43. The lowest BCUT2D eigenvalue weighted by atomic mass is 10.0. The molecule has 3 N–H and O–H groups in total. The van der Waals surface area contributed by atoms with Gasteiger partial charge in [0.2, 0.25) is 0 Å². The molecule has 0 saturated carbocycles. The summed E-state index contributed by atoms with van der Waals surface area (Å²) in [7, 11) is 0. The number of nitrogens with zero attached hydrogens (tertiary/aromatic N) is 2. The van der Waals surface area contributed by atoms with Crippen molar-refractivity contribution in [2.45, 2.75) is 32.4 Å². The summed E-state index contributed by atoms with van der Waals surface area (Å²) in [4.78, 5) is 1.73. The van der Waals surface area contributed by atoms with E-state index in [0.29, 0.717) is 19.3 Å². The standard InChI is InChI=1S/C25H30N4O2/c1-2-28-12-10-21(11-13-28)26-17-20-18-29(22-6-4-3-5-7-22)27-25(20)19-8-9-23-24(16-19)31-15-14-30-23/h3-9,16,18,21,26H,2,10-15,17H2,1H3/p+2. The second kappa shape index (κ2) is 9.12. The van der Waals surface area contributed by atoms with Crippen LogP contribution in [0.15, 0.2) is 54.7 Å². The highest BCUT2D eigenvalue weighted by atomic mass is 16.6. The molecule has 3 aromatic rings. The predicted molar refractivity (Wildman–Crippen MR) is 120 cm³/mol. The molecule has 1 fully saturated rings. The molecular formula is C25H32N4O2+2. The van der Waals surface area contributed by atoms with Crippen LogP contribution in [0.3, 0.4) is 0 Å². The van der Waals surface area contributed by atoms with Gasteiger partial charge in [-0.25, -0.2) is 4.68 Å². The van der Waals surface area contributed by atoms with Crippen molar-refractivity contribution in [3.8, 4) is 28.4 Å². The van der Waals surface area contributed by atoms with Gasteiger partial charge >= 0.3 is 0 Å². The maximum absolute atomic E-state index is 5.82. The monoisotopic (exact) mass is 420 g/mol. The third-order valence-corrected chi connectivity index (χ3v) is 6.53. The van der Waals surface area contributed by atoms with E-state index in [4.69, 9.17) is 14.6 Å². The lowest BCUT2D eigenvalue weighted by Gasteiger charge is -2.27. The number of nitrogens with two attached hydrogens (primary N) is 1. The molecule has 3 heterocycles. The van der Waals surface area contributed by atoms with Gasteiger partial charge < -0.3 is 19.7 Å². The minimum Gasteiger partial charge on any atom is -0.486 e. The average molecular weight is 421 g/mol. The molecule has 162 valence electrons. The molecule has 31 heavy (non-hydrogen) atoms. The molecule has 0 aliphatic carbocycles. The van der Waals surface area contributed by atoms with E-state index in [1.165, 1.54) is 38.0 Å². The highest BCUT2D eigenvalue weighted by Crippen LogP contribution is 2.35. The summed E-state index contributed by atoms with van der Waals surface area (Å²) in [6.07, 6.45) is 4.76. The molecule has 0 amide bonds. The molecule has 6 nitrogen and oxygen atoms in total. The van der Waals surface area contributed by atoms with Crippen LogP contribution < -0.4 is 19.7 Å². The molecule has 1 saturated heterocycles. The first kappa shape index (κ1) is 20.1. The third kappa shape index (κ3) is 4.45. The zero-order chi connectivity index (χ0) is 21.0. The predicted octanol–water partition coefficient (Wildman–Crippen LogP) is 1.44. The van der Waals surface area contributed by atoms with Crippen LogP contribution in [0.1, 0.15) is 25.3 Å². The Bertz CT molecular complexity index is 1010.